The van der Waals surface area contributed by atoms with Crippen LogP contribution in [0.5, 0.6) is 17.2 Å². The molecule has 0 radical (unpaired) electrons. The van der Waals surface area contributed by atoms with Gasteiger partial charge in [0.15, 0.2) is 5.75 Å². The van der Waals surface area contributed by atoms with Gasteiger partial charge in [-0.2, -0.15) is 0 Å². The van der Waals surface area contributed by atoms with E-state index in [0.717, 1.165) is 5.56 Å². The minimum atomic E-state index is -3.85. The quantitative estimate of drug-likeness (QED) is 0.644. The van der Waals surface area contributed by atoms with E-state index in [0.29, 0.717) is 28.5 Å². The van der Waals surface area contributed by atoms with Crippen LogP contribution in [0.3, 0.4) is 0 Å². The van der Waals surface area contributed by atoms with Gasteiger partial charge in [-0.15, -0.1) is 0 Å². The topological polar surface area (TPSA) is 93.7 Å². The number of nitrogens with one attached hydrogen (secondary N) is 2. The van der Waals surface area contributed by atoms with Crippen LogP contribution < -0.4 is 19.5 Å². The number of hydrogen-bond donors (Lipinski definition) is 2. The Labute approximate surface area is 174 Å². The number of ether oxygens (including phenoxy) is 2. The minimum Gasteiger partial charge on any atom is -0.496 e. The maximum atomic E-state index is 12.8. The van der Waals surface area contributed by atoms with E-state index >= 15 is 0 Å². The van der Waals surface area contributed by atoms with Crippen molar-refractivity contribution in [3.63, 3.8) is 0 Å². The van der Waals surface area contributed by atoms with Crippen molar-refractivity contribution < 1.29 is 22.7 Å². The fourth-order valence-corrected chi connectivity index (χ4v) is 4.36. The zero-order chi connectivity index (χ0) is 21.5. The highest BCUT2D eigenvalue weighted by molar-refractivity contribution is 7.92. The van der Waals surface area contributed by atoms with E-state index < -0.39 is 10.0 Å². The van der Waals surface area contributed by atoms with Gasteiger partial charge in [-0.25, -0.2) is 8.42 Å². The van der Waals surface area contributed by atoms with Gasteiger partial charge in [0.1, 0.15) is 11.5 Å². The van der Waals surface area contributed by atoms with Crippen LogP contribution in [-0.2, 0) is 10.0 Å². The Morgan fingerprint density at radius 3 is 2.47 bits per heavy atom. The molecule has 0 bridgehead atoms. The second-order valence-electron chi connectivity index (χ2n) is 7.00. The molecule has 0 unspecified atom stereocenters. The largest absolute Gasteiger partial charge is 0.496 e. The maximum Gasteiger partial charge on any atom is 0.261 e. The van der Waals surface area contributed by atoms with Gasteiger partial charge in [0.25, 0.3) is 15.9 Å². The molecule has 0 aromatic heterocycles. The first-order valence-electron chi connectivity index (χ1n) is 9.18. The molecule has 7 nitrogen and oxygen atoms in total. The molecule has 30 heavy (non-hydrogen) atoms. The number of carbonyl (C=O) groups excluding carboxylic acids is 1. The highest BCUT2D eigenvalue weighted by Crippen LogP contribution is 2.37. The average molecular weight is 424 g/mol. The van der Waals surface area contributed by atoms with Gasteiger partial charge in [-0.1, -0.05) is 6.07 Å². The predicted octanol–water partition coefficient (Wildman–Crippen LogP) is 4.47. The molecule has 1 aliphatic rings. The minimum absolute atomic E-state index is 0.0966. The second-order valence-corrected chi connectivity index (χ2v) is 8.69. The van der Waals surface area contributed by atoms with Gasteiger partial charge in [0, 0.05) is 5.69 Å². The number of anilines is 2. The summed E-state index contributed by atoms with van der Waals surface area (Å²) in [6.07, 6.45) is 0. The smallest absolute Gasteiger partial charge is 0.261 e. The second kappa shape index (κ2) is 7.38. The van der Waals surface area contributed by atoms with Crippen molar-refractivity contribution >= 4 is 27.3 Å². The highest BCUT2D eigenvalue weighted by Gasteiger charge is 2.23. The third-order valence-electron chi connectivity index (χ3n) is 4.76. The fraction of sp³-hybridized carbons (Fsp3) is 0.136. The van der Waals surface area contributed by atoms with Crippen molar-refractivity contribution in [1.29, 1.82) is 0 Å². The Morgan fingerprint density at radius 1 is 0.967 bits per heavy atom. The number of carbonyl (C=O) groups is 1. The number of fused-ring (bicyclic) bond motifs is 2. The Kier molecular flexibility index (Phi) is 4.87. The first kappa shape index (κ1) is 19.8. The first-order chi connectivity index (χ1) is 14.3. The van der Waals surface area contributed by atoms with Crippen LogP contribution in [0.25, 0.3) is 0 Å². The third kappa shape index (κ3) is 3.69. The lowest BCUT2D eigenvalue weighted by atomic mass is 10.1. The van der Waals surface area contributed by atoms with Gasteiger partial charge in [0.05, 0.1) is 23.3 Å². The molecule has 4 rings (SSSR count). The zero-order valence-electron chi connectivity index (χ0n) is 16.6. The summed E-state index contributed by atoms with van der Waals surface area (Å²) in [5.74, 6) is 1.09. The fourth-order valence-electron chi connectivity index (χ4n) is 3.23. The number of rotatable bonds is 4. The first-order valence-corrected chi connectivity index (χ1v) is 10.7. The van der Waals surface area contributed by atoms with Crippen LogP contribution in [0.4, 0.5) is 11.4 Å². The van der Waals surface area contributed by atoms with Crippen molar-refractivity contribution in [2.45, 2.75) is 18.7 Å². The summed E-state index contributed by atoms with van der Waals surface area (Å²) in [5.41, 5.74) is 2.72. The van der Waals surface area contributed by atoms with Gasteiger partial charge in [-0.05, 0) is 73.5 Å². The molecule has 8 heteroatoms. The standard InChI is InChI=1S/C22H20N2O5S/c1-13-4-7-21-18(10-13)23-22(25)17-12-15(5-8-20(17)29-21)24-30(26,27)16-6-9-19(28-3)14(2)11-16/h4-12,24H,1-3H3,(H,23,25). The summed E-state index contributed by atoms with van der Waals surface area (Å²) in [7, 11) is -2.33. The molecule has 0 aliphatic carbocycles. The molecular weight excluding hydrogens is 404 g/mol. The summed E-state index contributed by atoms with van der Waals surface area (Å²) < 4.78 is 39.2. The van der Waals surface area contributed by atoms with E-state index in [9.17, 15) is 13.2 Å². The molecule has 1 heterocycles. The number of sulfonamides is 1. The van der Waals surface area contributed by atoms with Crippen molar-refractivity contribution in [2.75, 3.05) is 17.1 Å². The predicted molar refractivity (Wildman–Crippen MR) is 114 cm³/mol. The van der Waals surface area contributed by atoms with Crippen molar-refractivity contribution in [3.05, 3.63) is 71.3 Å². The summed E-state index contributed by atoms with van der Waals surface area (Å²) in [6.45, 7) is 3.68. The van der Waals surface area contributed by atoms with Gasteiger partial charge >= 0.3 is 0 Å². The molecular formula is C22H20N2O5S. The Morgan fingerprint density at radius 2 is 1.73 bits per heavy atom. The monoisotopic (exact) mass is 424 g/mol. The van der Waals surface area contributed by atoms with Crippen molar-refractivity contribution in [1.82, 2.24) is 0 Å². The Hall–Kier alpha value is -3.52. The lowest BCUT2D eigenvalue weighted by molar-refractivity contribution is 0.102. The van der Waals surface area contributed by atoms with E-state index in [1.54, 1.807) is 31.2 Å². The number of hydrogen-bond acceptors (Lipinski definition) is 5. The van der Waals surface area contributed by atoms with Crippen LogP contribution in [0.1, 0.15) is 21.5 Å². The van der Waals surface area contributed by atoms with Crippen molar-refractivity contribution in [3.8, 4) is 17.2 Å². The molecule has 1 amide bonds. The number of methoxy groups -OCH3 is 1. The Bertz CT molecular complexity index is 1270. The van der Waals surface area contributed by atoms with Crippen LogP contribution in [0.15, 0.2) is 59.5 Å². The summed E-state index contributed by atoms with van der Waals surface area (Å²) in [4.78, 5) is 12.8. The molecule has 0 saturated heterocycles. The molecule has 0 atom stereocenters. The highest BCUT2D eigenvalue weighted by atomic mass is 32.2. The molecule has 0 fully saturated rings. The maximum absolute atomic E-state index is 12.8. The SMILES string of the molecule is COc1ccc(S(=O)(=O)Nc2ccc3c(c2)C(=O)Nc2cc(C)ccc2O3)cc1C. The summed E-state index contributed by atoms with van der Waals surface area (Å²) in [5, 5.41) is 2.81. The van der Waals surface area contributed by atoms with Gasteiger partial charge in [-0.3, -0.25) is 9.52 Å². The lowest BCUT2D eigenvalue weighted by Crippen LogP contribution is -2.15. The van der Waals surface area contributed by atoms with Crippen molar-refractivity contribution in [2.24, 2.45) is 0 Å². The number of amides is 1. The molecule has 0 spiro atoms. The lowest BCUT2D eigenvalue weighted by Gasteiger charge is -2.12. The van der Waals surface area contributed by atoms with E-state index in [2.05, 4.69) is 10.0 Å². The number of benzene rings is 3. The molecule has 154 valence electrons. The van der Waals surface area contributed by atoms with Crippen LogP contribution in [0.2, 0.25) is 0 Å². The normalized spacial score (nSPS) is 12.7. The molecule has 2 N–H and O–H groups in total. The summed E-state index contributed by atoms with van der Waals surface area (Å²) in [6, 6.07) is 14.7. The average Bonchev–Trinajstić information content (AvgIpc) is 2.83. The van der Waals surface area contributed by atoms with E-state index in [1.807, 2.05) is 19.1 Å². The molecule has 0 saturated carbocycles. The van der Waals surface area contributed by atoms with Crippen LogP contribution in [0, 0.1) is 13.8 Å². The van der Waals surface area contributed by atoms with Gasteiger partial charge < -0.3 is 14.8 Å². The molecule has 3 aromatic rings. The van der Waals surface area contributed by atoms with Crippen LogP contribution in [-0.4, -0.2) is 21.4 Å². The van der Waals surface area contributed by atoms with E-state index in [4.69, 9.17) is 9.47 Å². The summed E-state index contributed by atoms with van der Waals surface area (Å²) >= 11 is 0. The molecule has 3 aromatic carbocycles. The van der Waals surface area contributed by atoms with Gasteiger partial charge in [0.2, 0.25) is 0 Å². The van der Waals surface area contributed by atoms with E-state index in [-0.39, 0.29) is 22.1 Å². The molecule has 1 aliphatic heterocycles. The van der Waals surface area contributed by atoms with E-state index in [1.165, 1.54) is 25.3 Å². The number of aryl methyl sites for hydroxylation is 2. The third-order valence-corrected chi connectivity index (χ3v) is 6.14. The zero-order valence-corrected chi connectivity index (χ0v) is 17.5. The van der Waals surface area contributed by atoms with Crippen LogP contribution >= 0.6 is 0 Å². The Balaban J connectivity index is 1.65.